The summed E-state index contributed by atoms with van der Waals surface area (Å²) in [6, 6.07) is 21.3. The lowest BCUT2D eigenvalue weighted by atomic mass is 10.0. The van der Waals surface area contributed by atoms with Gasteiger partial charge < -0.3 is 9.30 Å². The fourth-order valence-electron chi connectivity index (χ4n) is 3.54. The Balaban J connectivity index is 0.000000375. The summed E-state index contributed by atoms with van der Waals surface area (Å²) in [5.74, 6) is -0.156. The van der Waals surface area contributed by atoms with E-state index in [1.807, 2.05) is 55.5 Å². The number of ketones is 1. The van der Waals surface area contributed by atoms with Gasteiger partial charge in [-0.2, -0.15) is 0 Å². The first-order chi connectivity index (χ1) is 17.5. The third-order valence-electron chi connectivity index (χ3n) is 5.30. The number of rotatable bonds is 5. The van der Waals surface area contributed by atoms with Gasteiger partial charge in [0.15, 0.2) is 0 Å². The van der Waals surface area contributed by atoms with Gasteiger partial charge in [0, 0.05) is 24.3 Å². The second-order valence-corrected chi connectivity index (χ2v) is 8.50. The Morgan fingerprint density at radius 2 is 1.75 bits per heavy atom. The van der Waals surface area contributed by atoms with E-state index in [2.05, 4.69) is 30.9 Å². The number of hydrogen-bond donors (Lipinski definition) is 0. The number of carbonyl (C=O) groups excluding carboxylic acids is 1. The molecule has 36 heavy (non-hydrogen) atoms. The van der Waals surface area contributed by atoms with Crippen LogP contribution in [-0.4, -0.2) is 32.4 Å². The molecular formula is C28H22BrFN4O2. The second kappa shape index (κ2) is 11.5. The Hall–Kier alpha value is -4.17. The van der Waals surface area contributed by atoms with E-state index in [4.69, 9.17) is 4.74 Å². The van der Waals surface area contributed by atoms with Crippen molar-refractivity contribution in [2.75, 3.05) is 7.11 Å². The fourth-order valence-corrected chi connectivity index (χ4v) is 3.82. The van der Waals surface area contributed by atoms with Gasteiger partial charge in [0.05, 0.1) is 12.7 Å². The van der Waals surface area contributed by atoms with Gasteiger partial charge in [0.1, 0.15) is 33.9 Å². The van der Waals surface area contributed by atoms with Crippen LogP contribution in [0.2, 0.25) is 0 Å². The van der Waals surface area contributed by atoms with Crippen molar-refractivity contribution in [3.63, 3.8) is 0 Å². The Kier molecular flexibility index (Phi) is 7.97. The van der Waals surface area contributed by atoms with Crippen molar-refractivity contribution in [2.24, 2.45) is 0 Å². The van der Waals surface area contributed by atoms with Crippen molar-refractivity contribution in [3.05, 3.63) is 125 Å². The van der Waals surface area contributed by atoms with E-state index in [-0.39, 0.29) is 11.6 Å². The van der Waals surface area contributed by atoms with Crippen LogP contribution in [-0.2, 0) is 0 Å². The van der Waals surface area contributed by atoms with E-state index in [0.717, 1.165) is 15.9 Å². The van der Waals surface area contributed by atoms with Crippen molar-refractivity contribution in [1.82, 2.24) is 19.5 Å². The maximum atomic E-state index is 14.4. The number of hydrogen-bond acceptors (Lipinski definition) is 5. The molecule has 0 aliphatic carbocycles. The minimum Gasteiger partial charge on any atom is -0.496 e. The summed E-state index contributed by atoms with van der Waals surface area (Å²) in [6.45, 7) is 1.84. The molecule has 0 bridgehead atoms. The molecule has 0 amide bonds. The number of carbonyl (C=O) groups is 1. The average molecular weight is 545 g/mol. The molecule has 5 rings (SSSR count). The van der Waals surface area contributed by atoms with Gasteiger partial charge in [0.2, 0.25) is 5.78 Å². The van der Waals surface area contributed by atoms with Crippen LogP contribution in [0, 0.1) is 12.7 Å². The Morgan fingerprint density at radius 1 is 0.944 bits per heavy atom. The monoisotopic (exact) mass is 544 g/mol. The topological polar surface area (TPSA) is 69.9 Å². The van der Waals surface area contributed by atoms with Gasteiger partial charge in [-0.15, -0.1) is 0 Å². The van der Waals surface area contributed by atoms with Crippen molar-refractivity contribution in [2.45, 2.75) is 6.92 Å². The predicted molar refractivity (Wildman–Crippen MR) is 140 cm³/mol. The first kappa shape index (κ1) is 24.9. The molecule has 8 heteroatoms. The first-order valence-electron chi connectivity index (χ1n) is 11.0. The van der Waals surface area contributed by atoms with E-state index >= 15 is 0 Å². The number of imidazole rings is 1. The summed E-state index contributed by atoms with van der Waals surface area (Å²) in [5, 5.41) is 0. The summed E-state index contributed by atoms with van der Waals surface area (Å²) in [4.78, 5) is 25.0. The number of methoxy groups -OCH3 is 1. The highest BCUT2D eigenvalue weighted by Crippen LogP contribution is 2.33. The van der Waals surface area contributed by atoms with E-state index in [0.29, 0.717) is 28.3 Å². The first-order valence-corrected chi connectivity index (χ1v) is 11.8. The molecule has 3 heterocycles. The summed E-state index contributed by atoms with van der Waals surface area (Å²) in [6.07, 6.45) is 6.53. The SMILES string of the molecule is Brc1ccccn1.COc1cccc(F)c1-c1cccc(-n2cnc(C(=O)c3ncccc3C)c2)c1. The lowest BCUT2D eigenvalue weighted by Crippen LogP contribution is -2.06. The maximum absolute atomic E-state index is 14.4. The highest BCUT2D eigenvalue weighted by atomic mass is 79.9. The molecule has 0 spiro atoms. The number of pyridine rings is 2. The van der Waals surface area contributed by atoms with Crippen LogP contribution in [0.3, 0.4) is 0 Å². The van der Waals surface area contributed by atoms with Crippen LogP contribution >= 0.6 is 15.9 Å². The van der Waals surface area contributed by atoms with Gasteiger partial charge >= 0.3 is 0 Å². The lowest BCUT2D eigenvalue weighted by molar-refractivity contribution is 0.102. The smallest absolute Gasteiger partial charge is 0.231 e. The highest BCUT2D eigenvalue weighted by Gasteiger charge is 2.17. The van der Waals surface area contributed by atoms with Crippen LogP contribution in [0.15, 0.2) is 102 Å². The number of halogens is 2. The van der Waals surface area contributed by atoms with Crippen molar-refractivity contribution < 1.29 is 13.9 Å². The Morgan fingerprint density at radius 3 is 2.44 bits per heavy atom. The Bertz CT molecular complexity index is 1490. The van der Waals surface area contributed by atoms with Gasteiger partial charge in [-0.1, -0.05) is 30.3 Å². The predicted octanol–water partition coefficient (Wildman–Crippen LogP) is 6.47. The van der Waals surface area contributed by atoms with Crippen molar-refractivity contribution in [1.29, 1.82) is 0 Å². The molecule has 0 fully saturated rings. The second-order valence-electron chi connectivity index (χ2n) is 7.68. The lowest BCUT2D eigenvalue weighted by Gasteiger charge is -2.11. The maximum Gasteiger partial charge on any atom is 0.231 e. The molecule has 180 valence electrons. The van der Waals surface area contributed by atoms with E-state index < -0.39 is 0 Å². The van der Waals surface area contributed by atoms with Crippen molar-refractivity contribution in [3.8, 4) is 22.6 Å². The highest BCUT2D eigenvalue weighted by molar-refractivity contribution is 9.10. The molecule has 0 aliphatic rings. The van der Waals surface area contributed by atoms with E-state index in [9.17, 15) is 9.18 Å². The third-order valence-corrected chi connectivity index (χ3v) is 5.77. The molecule has 0 saturated heterocycles. The standard InChI is InChI=1S/C23H18FN3O2.C5H4BrN/c1-15-6-5-11-25-22(15)23(28)19-13-27(14-26-19)17-8-3-7-16(12-17)21-18(24)9-4-10-20(21)29-2;6-5-3-1-2-4-7-5/h3-14H,1-2H3;1-4H. The normalized spacial score (nSPS) is 10.3. The zero-order chi connectivity index (χ0) is 25.5. The minimum absolute atomic E-state index is 0.242. The molecule has 0 aliphatic heterocycles. The number of aryl methyl sites for hydroxylation is 1. The molecule has 6 nitrogen and oxygen atoms in total. The van der Waals surface area contributed by atoms with Crippen molar-refractivity contribution >= 4 is 21.7 Å². The average Bonchev–Trinajstić information content (AvgIpc) is 3.40. The molecule has 2 aromatic carbocycles. The number of nitrogens with zero attached hydrogens (tertiary/aromatic N) is 4. The number of aromatic nitrogens is 4. The van der Waals surface area contributed by atoms with Gasteiger partial charge in [-0.3, -0.25) is 9.78 Å². The molecule has 0 radical (unpaired) electrons. The molecule has 3 aromatic heterocycles. The van der Waals surface area contributed by atoms with Gasteiger partial charge in [0.25, 0.3) is 0 Å². The van der Waals surface area contributed by atoms with Gasteiger partial charge in [-0.05, 0) is 76.4 Å². The third kappa shape index (κ3) is 5.72. The summed E-state index contributed by atoms with van der Waals surface area (Å²) in [5.41, 5.74) is 3.26. The van der Waals surface area contributed by atoms with Crippen LogP contribution in [0.5, 0.6) is 5.75 Å². The molecule has 0 atom stereocenters. The van der Waals surface area contributed by atoms with Crippen LogP contribution in [0.4, 0.5) is 4.39 Å². The zero-order valence-corrected chi connectivity index (χ0v) is 21.2. The molecular weight excluding hydrogens is 523 g/mol. The van der Waals surface area contributed by atoms with E-state index in [1.165, 1.54) is 13.2 Å². The summed E-state index contributed by atoms with van der Waals surface area (Å²) in [7, 11) is 1.51. The molecule has 0 unspecified atom stereocenters. The molecule has 0 saturated carbocycles. The quantitative estimate of drug-likeness (QED) is 0.187. The summed E-state index contributed by atoms with van der Waals surface area (Å²) < 4.78 is 22.4. The van der Waals surface area contributed by atoms with Gasteiger partial charge in [-0.25, -0.2) is 14.4 Å². The van der Waals surface area contributed by atoms with Crippen LogP contribution in [0.25, 0.3) is 16.8 Å². The number of ether oxygens (including phenoxy) is 1. The fraction of sp³-hybridized carbons (Fsp3) is 0.0714. The van der Waals surface area contributed by atoms with Crippen LogP contribution < -0.4 is 4.74 Å². The number of benzene rings is 2. The molecule has 5 aromatic rings. The summed E-state index contributed by atoms with van der Waals surface area (Å²) >= 11 is 3.20. The zero-order valence-electron chi connectivity index (χ0n) is 19.6. The molecule has 0 N–H and O–H groups in total. The van der Waals surface area contributed by atoms with Crippen LogP contribution in [0.1, 0.15) is 21.7 Å². The minimum atomic E-state index is -0.367. The Labute approximate surface area is 216 Å². The van der Waals surface area contributed by atoms with E-state index in [1.54, 1.807) is 47.7 Å². The largest absolute Gasteiger partial charge is 0.496 e.